The number of benzene rings is 1. The van der Waals surface area contributed by atoms with Crippen LogP contribution in [0.25, 0.3) is 5.69 Å². The fourth-order valence-electron chi connectivity index (χ4n) is 2.24. The normalized spacial score (nSPS) is 10.7. The van der Waals surface area contributed by atoms with Gasteiger partial charge in [-0.2, -0.15) is 0 Å². The van der Waals surface area contributed by atoms with Gasteiger partial charge < -0.3 is 5.32 Å². The van der Waals surface area contributed by atoms with E-state index in [0.29, 0.717) is 5.75 Å². The number of hydrogen-bond donors (Lipinski definition) is 1. The number of thioether (sulfide) groups is 1. The van der Waals surface area contributed by atoms with Crippen molar-refractivity contribution in [2.45, 2.75) is 38.8 Å². The predicted octanol–water partition coefficient (Wildman–Crippen LogP) is 3.50. The van der Waals surface area contributed by atoms with Crippen molar-refractivity contribution in [2.75, 3.05) is 12.3 Å². The summed E-state index contributed by atoms with van der Waals surface area (Å²) in [6.07, 6.45) is 5.82. The largest absolute Gasteiger partial charge is 0.355 e. The molecule has 0 bridgehead atoms. The van der Waals surface area contributed by atoms with Crippen molar-refractivity contribution in [3.05, 3.63) is 41.7 Å². The molecule has 2 rings (SSSR count). The first kappa shape index (κ1) is 16.6. The highest BCUT2D eigenvalue weighted by molar-refractivity contribution is 7.99. The van der Waals surface area contributed by atoms with E-state index in [-0.39, 0.29) is 5.91 Å². The Bertz CT molecular complexity index is 637. The zero-order valence-electron chi connectivity index (χ0n) is 13.4. The summed E-state index contributed by atoms with van der Waals surface area (Å²) in [5.74, 6) is 0.458. The molecule has 0 unspecified atom stereocenters. The van der Waals surface area contributed by atoms with Gasteiger partial charge in [-0.25, -0.2) is 4.98 Å². The Hall–Kier alpha value is -1.75. The van der Waals surface area contributed by atoms with Crippen LogP contribution in [0.2, 0.25) is 0 Å². The molecule has 0 spiro atoms. The second kappa shape index (κ2) is 8.03. The van der Waals surface area contributed by atoms with E-state index in [4.69, 9.17) is 0 Å². The highest BCUT2D eigenvalue weighted by Crippen LogP contribution is 2.23. The van der Waals surface area contributed by atoms with Gasteiger partial charge >= 0.3 is 0 Å². The van der Waals surface area contributed by atoms with E-state index in [1.165, 1.54) is 22.9 Å². The molecule has 1 aromatic carbocycles. The molecule has 0 aliphatic heterocycles. The Labute approximate surface area is 136 Å². The van der Waals surface area contributed by atoms with Gasteiger partial charge in [0.05, 0.1) is 11.4 Å². The summed E-state index contributed by atoms with van der Waals surface area (Å²) < 4.78 is 2.04. The summed E-state index contributed by atoms with van der Waals surface area (Å²) in [7, 11) is 0. The molecule has 0 atom stereocenters. The zero-order valence-corrected chi connectivity index (χ0v) is 14.2. The number of carbonyl (C=O) groups is 1. The third-order valence-electron chi connectivity index (χ3n) is 3.40. The molecule has 0 aliphatic rings. The minimum atomic E-state index is 0.0635. The van der Waals surface area contributed by atoms with Crippen LogP contribution in [0.1, 0.15) is 30.9 Å². The molecule has 4 nitrogen and oxygen atoms in total. The maximum atomic E-state index is 11.8. The van der Waals surface area contributed by atoms with E-state index < -0.39 is 0 Å². The summed E-state index contributed by atoms with van der Waals surface area (Å²) in [4.78, 5) is 16.2. The lowest BCUT2D eigenvalue weighted by Crippen LogP contribution is -2.26. The van der Waals surface area contributed by atoms with Gasteiger partial charge in [0.2, 0.25) is 5.91 Å². The maximum absolute atomic E-state index is 11.8. The van der Waals surface area contributed by atoms with Crippen molar-refractivity contribution < 1.29 is 4.79 Å². The number of hydrogen-bond acceptors (Lipinski definition) is 3. The molecule has 0 saturated heterocycles. The predicted molar refractivity (Wildman–Crippen MR) is 91.7 cm³/mol. The highest BCUT2D eigenvalue weighted by Gasteiger charge is 2.10. The van der Waals surface area contributed by atoms with E-state index in [1.807, 2.05) is 10.8 Å². The molecule has 1 N–H and O–H groups in total. The molecule has 1 aromatic heterocycles. The molecule has 0 radical (unpaired) electrons. The number of amides is 1. The van der Waals surface area contributed by atoms with Crippen molar-refractivity contribution >= 4 is 17.7 Å². The smallest absolute Gasteiger partial charge is 0.230 e. The monoisotopic (exact) mass is 317 g/mol. The molecular weight excluding hydrogens is 294 g/mol. The van der Waals surface area contributed by atoms with Crippen LogP contribution >= 0.6 is 11.8 Å². The summed E-state index contributed by atoms with van der Waals surface area (Å²) in [5.41, 5.74) is 3.55. The lowest BCUT2D eigenvalue weighted by atomic mass is 10.1. The average Bonchev–Trinajstić information content (AvgIpc) is 2.93. The van der Waals surface area contributed by atoms with Crippen molar-refractivity contribution in [2.24, 2.45) is 0 Å². The second-order valence-electron chi connectivity index (χ2n) is 5.36. The molecule has 0 saturated carbocycles. The van der Waals surface area contributed by atoms with Gasteiger partial charge in [0.1, 0.15) is 0 Å². The Morgan fingerprint density at radius 1 is 1.36 bits per heavy atom. The number of nitrogens with zero attached hydrogens (tertiary/aromatic N) is 2. The Balaban J connectivity index is 2.02. The number of rotatable bonds is 7. The Morgan fingerprint density at radius 3 is 2.91 bits per heavy atom. The van der Waals surface area contributed by atoms with Gasteiger partial charge in [-0.05, 0) is 31.9 Å². The van der Waals surface area contributed by atoms with E-state index in [9.17, 15) is 4.79 Å². The number of aryl methyl sites for hydroxylation is 2. The topological polar surface area (TPSA) is 46.9 Å². The van der Waals surface area contributed by atoms with Gasteiger partial charge in [0, 0.05) is 18.9 Å². The average molecular weight is 317 g/mol. The van der Waals surface area contributed by atoms with Crippen LogP contribution in [0.4, 0.5) is 0 Å². The fraction of sp³-hybridized carbons (Fsp3) is 0.412. The van der Waals surface area contributed by atoms with E-state index in [2.05, 4.69) is 49.3 Å². The van der Waals surface area contributed by atoms with E-state index in [0.717, 1.165) is 30.2 Å². The standard InChI is InChI=1S/C17H23N3OS/c1-4-5-8-18-16(21)12-22-17-19-9-10-20(17)15-7-6-13(2)11-14(15)3/h6-7,9-11H,4-5,8,12H2,1-3H3,(H,18,21). The molecule has 5 heteroatoms. The zero-order chi connectivity index (χ0) is 15.9. The third kappa shape index (κ3) is 4.37. The van der Waals surface area contributed by atoms with Crippen LogP contribution in [0.5, 0.6) is 0 Å². The van der Waals surface area contributed by atoms with E-state index in [1.54, 1.807) is 6.20 Å². The van der Waals surface area contributed by atoms with Crippen LogP contribution in [-0.4, -0.2) is 27.8 Å². The second-order valence-corrected chi connectivity index (χ2v) is 6.30. The van der Waals surface area contributed by atoms with Crippen LogP contribution in [-0.2, 0) is 4.79 Å². The summed E-state index contributed by atoms with van der Waals surface area (Å²) in [6, 6.07) is 6.34. The quantitative estimate of drug-likeness (QED) is 0.628. The van der Waals surface area contributed by atoms with Crippen molar-refractivity contribution in [1.82, 2.24) is 14.9 Å². The molecule has 2 aromatic rings. The van der Waals surface area contributed by atoms with Crippen LogP contribution < -0.4 is 5.32 Å². The van der Waals surface area contributed by atoms with Crippen LogP contribution in [0, 0.1) is 13.8 Å². The van der Waals surface area contributed by atoms with Gasteiger partial charge in [-0.1, -0.05) is 42.8 Å². The summed E-state index contributed by atoms with van der Waals surface area (Å²) >= 11 is 1.47. The Kier molecular flexibility index (Phi) is 6.07. The maximum Gasteiger partial charge on any atom is 0.230 e. The van der Waals surface area contributed by atoms with Gasteiger partial charge in [-0.3, -0.25) is 9.36 Å². The fourth-order valence-corrected chi connectivity index (χ4v) is 3.04. The number of aromatic nitrogens is 2. The van der Waals surface area contributed by atoms with Crippen molar-refractivity contribution in [1.29, 1.82) is 0 Å². The van der Waals surface area contributed by atoms with Gasteiger partial charge in [0.15, 0.2) is 5.16 Å². The first-order chi connectivity index (χ1) is 10.6. The first-order valence-corrected chi connectivity index (χ1v) is 8.61. The number of carbonyl (C=O) groups excluding carboxylic acids is 1. The molecule has 1 amide bonds. The van der Waals surface area contributed by atoms with Gasteiger partial charge in [-0.15, -0.1) is 0 Å². The van der Waals surface area contributed by atoms with Crippen molar-refractivity contribution in [3.63, 3.8) is 0 Å². The van der Waals surface area contributed by atoms with Crippen molar-refractivity contribution in [3.8, 4) is 5.69 Å². The van der Waals surface area contributed by atoms with Crippen LogP contribution in [0.15, 0.2) is 35.7 Å². The summed E-state index contributed by atoms with van der Waals surface area (Å²) in [6.45, 7) is 7.04. The molecule has 22 heavy (non-hydrogen) atoms. The lowest BCUT2D eigenvalue weighted by molar-refractivity contribution is -0.118. The number of nitrogens with one attached hydrogen (secondary N) is 1. The summed E-state index contributed by atoms with van der Waals surface area (Å²) in [5, 5.41) is 3.77. The number of unbranched alkanes of at least 4 members (excludes halogenated alkanes) is 1. The molecule has 1 heterocycles. The van der Waals surface area contributed by atoms with Crippen LogP contribution in [0.3, 0.4) is 0 Å². The molecular formula is C17H23N3OS. The van der Waals surface area contributed by atoms with E-state index >= 15 is 0 Å². The number of imidazole rings is 1. The minimum Gasteiger partial charge on any atom is -0.355 e. The third-order valence-corrected chi connectivity index (χ3v) is 4.37. The minimum absolute atomic E-state index is 0.0635. The molecule has 118 valence electrons. The van der Waals surface area contributed by atoms with Gasteiger partial charge in [0.25, 0.3) is 0 Å². The molecule has 0 fully saturated rings. The molecule has 0 aliphatic carbocycles. The lowest BCUT2D eigenvalue weighted by Gasteiger charge is -2.11. The SMILES string of the molecule is CCCCNC(=O)CSc1nccn1-c1ccc(C)cc1C. The Morgan fingerprint density at radius 2 is 2.18 bits per heavy atom. The first-order valence-electron chi connectivity index (χ1n) is 7.62. The highest BCUT2D eigenvalue weighted by atomic mass is 32.2.